The van der Waals surface area contributed by atoms with Crippen LogP contribution in [0, 0.1) is 0 Å². The Balaban J connectivity index is 2.26. The van der Waals surface area contributed by atoms with Crippen molar-refractivity contribution in [1.29, 1.82) is 0 Å². The van der Waals surface area contributed by atoms with Crippen LogP contribution in [0.5, 0.6) is 0 Å². The second-order valence-corrected chi connectivity index (χ2v) is 4.20. The summed E-state index contributed by atoms with van der Waals surface area (Å²) >= 11 is 0. The number of carbonyl (C=O) groups is 2. The third-order valence-electron chi connectivity index (χ3n) is 2.85. The van der Waals surface area contributed by atoms with Gasteiger partial charge in [0.25, 0.3) is 0 Å². The Kier molecular flexibility index (Phi) is 6.38. The lowest BCUT2D eigenvalue weighted by molar-refractivity contribution is -0.139. The minimum Gasteiger partial charge on any atom is -0.480 e. The normalized spacial score (nSPS) is 20.3. The first-order valence-corrected chi connectivity index (χ1v) is 6.12. The molecule has 0 aromatic heterocycles. The Morgan fingerprint density at radius 3 is 2.94 bits per heavy atom. The molecule has 1 unspecified atom stereocenters. The highest BCUT2D eigenvalue weighted by molar-refractivity contribution is 5.81. The van der Waals surface area contributed by atoms with Crippen LogP contribution in [0.3, 0.4) is 0 Å². The molecule has 0 bridgehead atoms. The summed E-state index contributed by atoms with van der Waals surface area (Å²) in [5.41, 5.74) is 0. The predicted molar refractivity (Wildman–Crippen MR) is 66.0 cm³/mol. The first-order valence-electron chi connectivity index (χ1n) is 6.12. The summed E-state index contributed by atoms with van der Waals surface area (Å²) < 4.78 is 4.84. The van der Waals surface area contributed by atoms with Gasteiger partial charge in [0.15, 0.2) is 0 Å². The topological polar surface area (TPSA) is 78.9 Å². The third kappa shape index (κ3) is 5.29. The van der Waals surface area contributed by atoms with Crippen molar-refractivity contribution < 1.29 is 19.4 Å². The van der Waals surface area contributed by atoms with Crippen molar-refractivity contribution in [2.75, 3.05) is 26.2 Å². The highest BCUT2D eigenvalue weighted by atomic mass is 16.5. The van der Waals surface area contributed by atoms with Crippen molar-refractivity contribution in [3.63, 3.8) is 0 Å². The molecule has 0 saturated carbocycles. The monoisotopic (exact) mass is 256 g/mol. The van der Waals surface area contributed by atoms with Crippen LogP contribution in [0.15, 0.2) is 12.7 Å². The summed E-state index contributed by atoms with van der Waals surface area (Å²) in [7, 11) is 0. The van der Waals surface area contributed by atoms with Crippen LogP contribution in [0.1, 0.15) is 19.3 Å². The van der Waals surface area contributed by atoms with E-state index in [0.717, 1.165) is 31.9 Å². The van der Waals surface area contributed by atoms with Crippen LogP contribution in [-0.4, -0.2) is 54.4 Å². The number of likely N-dealkylation sites (tertiary alicyclic amines) is 1. The predicted octanol–water partition coefficient (Wildman–Crippen LogP) is 0.202. The molecule has 0 radical (unpaired) electrons. The number of nitrogens with one attached hydrogen (secondary N) is 1. The van der Waals surface area contributed by atoms with Crippen molar-refractivity contribution in [2.24, 2.45) is 0 Å². The lowest BCUT2D eigenvalue weighted by Gasteiger charge is -2.35. The van der Waals surface area contributed by atoms with Crippen LogP contribution in [0.25, 0.3) is 0 Å². The zero-order chi connectivity index (χ0) is 13.4. The van der Waals surface area contributed by atoms with E-state index in [1.807, 2.05) is 4.90 Å². The van der Waals surface area contributed by atoms with E-state index in [1.54, 1.807) is 0 Å². The Morgan fingerprint density at radius 2 is 2.28 bits per heavy atom. The number of aliphatic carboxylic acids is 1. The number of nitrogens with zero attached hydrogens (tertiary/aromatic N) is 1. The van der Waals surface area contributed by atoms with Crippen LogP contribution < -0.4 is 5.32 Å². The fourth-order valence-electron chi connectivity index (χ4n) is 2.02. The molecule has 1 heterocycles. The van der Waals surface area contributed by atoms with Crippen LogP contribution in [0.4, 0.5) is 0 Å². The maximum Gasteiger partial charge on any atom is 0.330 e. The molecule has 1 saturated heterocycles. The fraction of sp³-hybridized carbons (Fsp3) is 0.667. The number of esters is 1. The van der Waals surface area contributed by atoms with Gasteiger partial charge in [-0.25, -0.2) is 4.79 Å². The summed E-state index contributed by atoms with van der Waals surface area (Å²) in [6.45, 7) is 4.92. The van der Waals surface area contributed by atoms with Crippen molar-refractivity contribution in [3.8, 4) is 0 Å². The zero-order valence-electron chi connectivity index (χ0n) is 10.4. The lowest BCUT2D eigenvalue weighted by Crippen LogP contribution is -2.51. The summed E-state index contributed by atoms with van der Waals surface area (Å²) in [5.74, 6) is -1.26. The molecule has 0 aromatic rings. The van der Waals surface area contributed by atoms with Gasteiger partial charge in [0.05, 0.1) is 12.7 Å². The van der Waals surface area contributed by atoms with Gasteiger partial charge in [0.2, 0.25) is 0 Å². The minimum atomic E-state index is -0.818. The number of hydrogen-bond acceptors (Lipinski definition) is 5. The Morgan fingerprint density at radius 1 is 1.50 bits per heavy atom. The first kappa shape index (κ1) is 14.7. The number of piperidine rings is 1. The number of carboxylic acids is 1. The maximum atomic E-state index is 10.8. The molecule has 6 nitrogen and oxygen atoms in total. The van der Waals surface area contributed by atoms with Crippen molar-refractivity contribution in [3.05, 3.63) is 12.7 Å². The second kappa shape index (κ2) is 7.84. The average Bonchev–Trinajstić information content (AvgIpc) is 2.35. The lowest BCUT2D eigenvalue weighted by atomic mass is 10.1. The number of hydrogen-bond donors (Lipinski definition) is 2. The van der Waals surface area contributed by atoms with E-state index in [-0.39, 0.29) is 19.3 Å². The van der Waals surface area contributed by atoms with Crippen molar-refractivity contribution in [2.45, 2.75) is 25.4 Å². The van der Waals surface area contributed by atoms with E-state index in [0.29, 0.717) is 6.54 Å². The minimum absolute atomic E-state index is 0.0457. The Labute approximate surface area is 107 Å². The van der Waals surface area contributed by atoms with Gasteiger partial charge in [0, 0.05) is 19.2 Å². The molecular formula is C12H20N2O4. The van der Waals surface area contributed by atoms with Gasteiger partial charge in [0.1, 0.15) is 6.61 Å². The third-order valence-corrected chi connectivity index (χ3v) is 2.85. The van der Waals surface area contributed by atoms with E-state index < -0.39 is 11.9 Å². The van der Waals surface area contributed by atoms with Crippen molar-refractivity contribution in [1.82, 2.24) is 10.2 Å². The van der Waals surface area contributed by atoms with E-state index in [1.165, 1.54) is 0 Å². The van der Waals surface area contributed by atoms with E-state index in [4.69, 9.17) is 9.84 Å². The maximum absolute atomic E-state index is 10.8. The highest BCUT2D eigenvalue weighted by Gasteiger charge is 2.23. The highest BCUT2D eigenvalue weighted by Crippen LogP contribution is 2.14. The van der Waals surface area contributed by atoms with E-state index >= 15 is 0 Å². The number of rotatable bonds is 7. The number of carbonyl (C=O) groups excluding carboxylic acids is 1. The molecular weight excluding hydrogens is 236 g/mol. The number of carboxylic acid groups (broad SMARTS) is 1. The van der Waals surface area contributed by atoms with Gasteiger partial charge in [-0.05, 0) is 19.3 Å². The number of ether oxygens (including phenoxy) is 1. The van der Waals surface area contributed by atoms with E-state index in [9.17, 15) is 9.59 Å². The molecule has 1 aliphatic rings. The van der Waals surface area contributed by atoms with E-state index in [2.05, 4.69) is 11.9 Å². The molecule has 18 heavy (non-hydrogen) atoms. The standard InChI is InChI=1S/C12H20N2O4/c1-2-12(17)18-8-6-13-10-5-3-4-7-14(10)9-11(15)16/h2,10,13H,1,3-9H2,(H,15,16). The molecule has 1 aliphatic heterocycles. The first-order chi connectivity index (χ1) is 8.63. The molecule has 0 aliphatic carbocycles. The van der Waals surface area contributed by atoms with Gasteiger partial charge < -0.3 is 9.84 Å². The molecule has 2 N–H and O–H groups in total. The van der Waals surface area contributed by atoms with Gasteiger partial charge in [-0.15, -0.1) is 0 Å². The second-order valence-electron chi connectivity index (χ2n) is 4.20. The van der Waals surface area contributed by atoms with Gasteiger partial charge in [-0.3, -0.25) is 15.0 Å². The fourth-order valence-corrected chi connectivity index (χ4v) is 2.02. The molecule has 0 spiro atoms. The van der Waals surface area contributed by atoms with Crippen LogP contribution in [-0.2, 0) is 14.3 Å². The summed E-state index contributed by atoms with van der Waals surface area (Å²) in [5, 5.41) is 12.0. The van der Waals surface area contributed by atoms with Crippen LogP contribution >= 0.6 is 0 Å². The smallest absolute Gasteiger partial charge is 0.330 e. The summed E-state index contributed by atoms with van der Waals surface area (Å²) in [6.07, 6.45) is 4.20. The van der Waals surface area contributed by atoms with Crippen LogP contribution in [0.2, 0.25) is 0 Å². The molecule has 0 aromatic carbocycles. The summed E-state index contributed by atoms with van der Waals surface area (Å²) in [6, 6.07) is 0. The Bertz CT molecular complexity index is 306. The zero-order valence-corrected chi connectivity index (χ0v) is 10.4. The molecule has 0 amide bonds. The summed E-state index contributed by atoms with van der Waals surface area (Å²) in [4.78, 5) is 23.4. The van der Waals surface area contributed by atoms with Crippen molar-refractivity contribution >= 4 is 11.9 Å². The molecule has 1 fully saturated rings. The van der Waals surface area contributed by atoms with Gasteiger partial charge in [-0.2, -0.15) is 0 Å². The SMILES string of the molecule is C=CC(=O)OCCNC1CCCCN1CC(=O)O. The molecule has 1 rings (SSSR count). The average molecular weight is 256 g/mol. The quantitative estimate of drug-likeness (QED) is 0.385. The molecule has 6 heteroatoms. The molecule has 1 atom stereocenters. The molecule has 102 valence electrons. The van der Waals surface area contributed by atoms with Gasteiger partial charge >= 0.3 is 11.9 Å². The van der Waals surface area contributed by atoms with Gasteiger partial charge in [-0.1, -0.05) is 6.58 Å². The largest absolute Gasteiger partial charge is 0.480 e. The Hall–Kier alpha value is -1.40.